The van der Waals surface area contributed by atoms with Crippen LogP contribution in [0.2, 0.25) is 0 Å². The highest BCUT2D eigenvalue weighted by Crippen LogP contribution is 2.25. The van der Waals surface area contributed by atoms with Crippen molar-refractivity contribution < 1.29 is 32.6 Å². The molecule has 1 fully saturated rings. The summed E-state index contributed by atoms with van der Waals surface area (Å²) >= 11 is 0. The van der Waals surface area contributed by atoms with E-state index in [0.29, 0.717) is 44.9 Å². The van der Waals surface area contributed by atoms with Crippen molar-refractivity contribution >= 4 is 17.7 Å². The van der Waals surface area contributed by atoms with Gasteiger partial charge in [-0.3, -0.25) is 4.90 Å². The molecule has 0 spiro atoms. The van der Waals surface area contributed by atoms with Crippen molar-refractivity contribution in [1.29, 1.82) is 0 Å². The fourth-order valence-electron chi connectivity index (χ4n) is 4.29. The van der Waals surface area contributed by atoms with E-state index in [-0.39, 0.29) is 17.8 Å². The molecule has 3 aromatic carbocycles. The molecule has 1 saturated heterocycles. The molecule has 1 aliphatic rings. The van der Waals surface area contributed by atoms with Crippen LogP contribution in [0.15, 0.2) is 66.7 Å². The normalized spacial score (nSPS) is 14.5. The molecule has 0 bridgehead atoms. The number of amides is 2. The van der Waals surface area contributed by atoms with Gasteiger partial charge in [-0.05, 0) is 47.5 Å². The van der Waals surface area contributed by atoms with Crippen molar-refractivity contribution in [2.24, 2.45) is 0 Å². The Morgan fingerprint density at radius 3 is 2.33 bits per heavy atom. The number of nitrogens with one attached hydrogen (secondary N) is 1. The molecule has 2 amide bonds. The van der Waals surface area contributed by atoms with Crippen LogP contribution in [0, 0.1) is 11.6 Å². The van der Waals surface area contributed by atoms with Crippen molar-refractivity contribution in [3.63, 3.8) is 0 Å². The van der Waals surface area contributed by atoms with Gasteiger partial charge in [-0.15, -0.1) is 0 Å². The minimum atomic E-state index is -1.01. The van der Waals surface area contributed by atoms with Crippen LogP contribution in [0.4, 0.5) is 19.3 Å². The minimum Gasteiger partial charge on any atom is -0.497 e. The van der Waals surface area contributed by atoms with Crippen molar-refractivity contribution in [3.05, 3.63) is 95.1 Å². The van der Waals surface area contributed by atoms with Gasteiger partial charge in [0.2, 0.25) is 0 Å². The van der Waals surface area contributed by atoms with Crippen LogP contribution >= 0.6 is 0 Å². The SMILES string of the molecule is COC(=O)c1ccc(COC(CN2CCN(C(=O)Nc3ccc(F)c(F)c3)CC2)c2cccc(OC)c2)cc1. The van der Waals surface area contributed by atoms with E-state index in [2.05, 4.69) is 10.2 Å². The summed E-state index contributed by atoms with van der Waals surface area (Å²) in [5.74, 6) is -1.65. The first-order valence-electron chi connectivity index (χ1n) is 12.5. The fraction of sp³-hybridized carbons (Fsp3) is 0.310. The van der Waals surface area contributed by atoms with Crippen LogP contribution in [-0.4, -0.2) is 68.7 Å². The van der Waals surface area contributed by atoms with Crippen LogP contribution < -0.4 is 10.1 Å². The van der Waals surface area contributed by atoms with Crippen LogP contribution in [0.25, 0.3) is 0 Å². The summed E-state index contributed by atoms with van der Waals surface area (Å²) in [6.07, 6.45) is -0.275. The Morgan fingerprint density at radius 2 is 1.67 bits per heavy atom. The Balaban J connectivity index is 1.37. The molecule has 0 aromatic heterocycles. The largest absolute Gasteiger partial charge is 0.497 e. The molecule has 4 rings (SSSR count). The summed E-state index contributed by atoms with van der Waals surface area (Å²) in [5.41, 5.74) is 2.54. The van der Waals surface area contributed by atoms with Gasteiger partial charge >= 0.3 is 12.0 Å². The molecule has 0 saturated carbocycles. The second-order valence-electron chi connectivity index (χ2n) is 9.11. The highest BCUT2D eigenvalue weighted by Gasteiger charge is 2.25. The molecule has 0 radical (unpaired) electrons. The van der Waals surface area contributed by atoms with E-state index in [1.165, 1.54) is 13.2 Å². The lowest BCUT2D eigenvalue weighted by Crippen LogP contribution is -2.50. The second-order valence-corrected chi connectivity index (χ2v) is 9.11. The number of halogens is 2. The lowest BCUT2D eigenvalue weighted by atomic mass is 10.1. The molecular weight excluding hydrogens is 508 g/mol. The van der Waals surface area contributed by atoms with E-state index in [4.69, 9.17) is 14.2 Å². The number of carbonyl (C=O) groups excluding carboxylic acids is 2. The summed E-state index contributed by atoms with van der Waals surface area (Å²) in [7, 11) is 2.96. The number of hydrogen-bond acceptors (Lipinski definition) is 6. The topological polar surface area (TPSA) is 80.3 Å². The number of urea groups is 1. The van der Waals surface area contributed by atoms with Crippen LogP contribution in [0.3, 0.4) is 0 Å². The minimum absolute atomic E-state index is 0.201. The predicted octanol–water partition coefficient (Wildman–Crippen LogP) is 4.87. The van der Waals surface area contributed by atoms with Gasteiger partial charge in [-0.25, -0.2) is 18.4 Å². The summed E-state index contributed by atoms with van der Waals surface area (Å²) in [4.78, 5) is 28.2. The van der Waals surface area contributed by atoms with Gasteiger partial charge in [0, 0.05) is 44.5 Å². The van der Waals surface area contributed by atoms with E-state index < -0.39 is 17.6 Å². The smallest absolute Gasteiger partial charge is 0.337 e. The van der Waals surface area contributed by atoms with Gasteiger partial charge in [-0.2, -0.15) is 0 Å². The Kier molecular flexibility index (Phi) is 9.45. The zero-order valence-corrected chi connectivity index (χ0v) is 21.9. The molecule has 1 atom stereocenters. The third-order valence-corrected chi connectivity index (χ3v) is 6.55. The highest BCUT2D eigenvalue weighted by atomic mass is 19.2. The highest BCUT2D eigenvalue weighted by molar-refractivity contribution is 5.89. The first-order valence-corrected chi connectivity index (χ1v) is 12.5. The van der Waals surface area contributed by atoms with Crippen molar-refractivity contribution in [1.82, 2.24) is 9.80 Å². The average Bonchev–Trinajstić information content (AvgIpc) is 2.97. The molecule has 1 N–H and O–H groups in total. The zero-order valence-electron chi connectivity index (χ0n) is 21.9. The predicted molar refractivity (Wildman–Crippen MR) is 142 cm³/mol. The second kappa shape index (κ2) is 13.2. The maximum Gasteiger partial charge on any atom is 0.337 e. The molecule has 1 unspecified atom stereocenters. The first-order chi connectivity index (χ1) is 18.9. The number of anilines is 1. The number of hydrogen-bond donors (Lipinski definition) is 1. The lowest BCUT2D eigenvalue weighted by molar-refractivity contribution is 0.00582. The molecule has 39 heavy (non-hydrogen) atoms. The summed E-state index contributed by atoms with van der Waals surface area (Å²) in [6.45, 7) is 3.09. The molecular formula is C29H31F2N3O5. The van der Waals surface area contributed by atoms with Crippen LogP contribution in [-0.2, 0) is 16.1 Å². The van der Waals surface area contributed by atoms with Gasteiger partial charge in [0.15, 0.2) is 11.6 Å². The molecule has 0 aliphatic carbocycles. The maximum atomic E-state index is 13.5. The molecule has 1 heterocycles. The zero-order chi connectivity index (χ0) is 27.8. The molecule has 1 aliphatic heterocycles. The third-order valence-electron chi connectivity index (χ3n) is 6.55. The summed E-state index contributed by atoms with van der Waals surface area (Å²) in [5, 5.41) is 2.62. The lowest BCUT2D eigenvalue weighted by Gasteiger charge is -2.36. The van der Waals surface area contributed by atoms with Gasteiger partial charge in [0.25, 0.3) is 0 Å². The Morgan fingerprint density at radius 1 is 0.923 bits per heavy atom. The van der Waals surface area contributed by atoms with E-state index in [9.17, 15) is 18.4 Å². The summed E-state index contributed by atoms with van der Waals surface area (Å²) in [6, 6.07) is 17.7. The number of nitrogens with zero attached hydrogens (tertiary/aromatic N) is 2. The van der Waals surface area contributed by atoms with Crippen LogP contribution in [0.1, 0.15) is 27.6 Å². The first kappa shape index (κ1) is 28.0. The standard InChI is InChI=1S/C29H31F2N3O5/c1-37-24-5-3-4-22(16-24)27(39-19-20-6-8-21(9-7-20)28(35)38-2)18-33-12-14-34(15-13-33)29(36)32-23-10-11-25(30)26(31)17-23/h3-11,16-17,27H,12-15,18-19H2,1-2H3,(H,32,36). The van der Waals surface area contributed by atoms with E-state index in [0.717, 1.165) is 29.0 Å². The van der Waals surface area contributed by atoms with Crippen LogP contribution in [0.5, 0.6) is 5.75 Å². The number of ether oxygens (including phenoxy) is 3. The van der Waals surface area contributed by atoms with E-state index in [1.54, 1.807) is 24.1 Å². The Hall–Kier alpha value is -4.02. The Bertz CT molecular complexity index is 1280. The maximum absolute atomic E-state index is 13.5. The Labute approximate surface area is 226 Å². The molecule has 10 heteroatoms. The van der Waals surface area contributed by atoms with Gasteiger partial charge in [0.05, 0.1) is 32.5 Å². The average molecular weight is 540 g/mol. The van der Waals surface area contributed by atoms with Crippen molar-refractivity contribution in [3.8, 4) is 5.75 Å². The molecule has 206 valence electrons. The number of carbonyl (C=O) groups is 2. The number of esters is 1. The fourth-order valence-corrected chi connectivity index (χ4v) is 4.29. The van der Waals surface area contributed by atoms with Gasteiger partial charge in [0.1, 0.15) is 5.75 Å². The van der Waals surface area contributed by atoms with Gasteiger partial charge in [-0.1, -0.05) is 24.3 Å². The number of methoxy groups -OCH3 is 2. The monoisotopic (exact) mass is 539 g/mol. The molecule has 3 aromatic rings. The quantitative estimate of drug-likeness (QED) is 0.391. The van der Waals surface area contributed by atoms with Crippen molar-refractivity contribution in [2.75, 3.05) is 52.3 Å². The molecule has 8 nitrogen and oxygen atoms in total. The third kappa shape index (κ3) is 7.52. The number of rotatable bonds is 9. The van der Waals surface area contributed by atoms with E-state index in [1.807, 2.05) is 36.4 Å². The number of benzene rings is 3. The van der Waals surface area contributed by atoms with E-state index >= 15 is 0 Å². The van der Waals surface area contributed by atoms with Crippen molar-refractivity contribution in [2.45, 2.75) is 12.7 Å². The number of piperazine rings is 1. The summed E-state index contributed by atoms with van der Waals surface area (Å²) < 4.78 is 43.2. The van der Waals surface area contributed by atoms with Gasteiger partial charge < -0.3 is 24.4 Å².